The summed E-state index contributed by atoms with van der Waals surface area (Å²) in [5.74, 6) is 0. The van der Waals surface area contributed by atoms with Crippen LogP contribution in [0.1, 0.15) is 11.6 Å². The van der Waals surface area contributed by atoms with Crippen molar-refractivity contribution in [2.24, 2.45) is 0 Å². The van der Waals surface area contributed by atoms with Crippen molar-refractivity contribution in [2.75, 3.05) is 26.2 Å². The van der Waals surface area contributed by atoms with Gasteiger partial charge in [-0.3, -0.25) is 4.90 Å². The zero-order valence-electron chi connectivity index (χ0n) is 14.1. The molecule has 1 heterocycles. The molecule has 4 rings (SSSR count). The maximum absolute atomic E-state index is 14.2. The first-order chi connectivity index (χ1) is 12.1. The minimum Gasteiger partial charge on any atom is -0.314 e. The topological polar surface area (TPSA) is 15.3 Å². The smallest absolute Gasteiger partial charge is 0.314 e. The van der Waals surface area contributed by atoms with Crippen molar-refractivity contribution < 1.29 is 13.2 Å². The van der Waals surface area contributed by atoms with E-state index in [-0.39, 0.29) is 12.4 Å². The summed E-state index contributed by atoms with van der Waals surface area (Å²) in [6, 6.07) is 15.1. The van der Waals surface area contributed by atoms with Gasteiger partial charge >= 0.3 is 6.18 Å². The number of fused-ring (bicyclic) bond motifs is 2. The van der Waals surface area contributed by atoms with E-state index in [1.165, 1.54) is 0 Å². The zero-order chi connectivity index (χ0) is 17.4. The number of benzene rings is 3. The molecule has 0 saturated carbocycles. The van der Waals surface area contributed by atoms with Gasteiger partial charge in [-0.05, 0) is 33.2 Å². The van der Waals surface area contributed by atoms with Gasteiger partial charge in [0.1, 0.15) is 6.04 Å². The third-order valence-corrected chi connectivity index (χ3v) is 4.91. The Kier molecular flexibility index (Phi) is 5.42. The fraction of sp³-hybridized carbons (Fsp3) is 0.300. The largest absolute Gasteiger partial charge is 0.408 e. The van der Waals surface area contributed by atoms with E-state index in [9.17, 15) is 13.2 Å². The fourth-order valence-electron chi connectivity index (χ4n) is 3.84. The summed E-state index contributed by atoms with van der Waals surface area (Å²) in [5.41, 5.74) is 0.378. The number of nitrogens with one attached hydrogen (secondary N) is 1. The van der Waals surface area contributed by atoms with Crippen molar-refractivity contribution in [3.05, 3.63) is 60.2 Å². The first kappa shape index (κ1) is 19.0. The molecule has 1 atom stereocenters. The van der Waals surface area contributed by atoms with Crippen LogP contribution in [0.3, 0.4) is 0 Å². The molecule has 0 unspecified atom stereocenters. The lowest BCUT2D eigenvalue weighted by molar-refractivity contribution is -0.187. The number of rotatable bonds is 2. The average Bonchev–Trinajstić information content (AvgIpc) is 2.61. The Bertz CT molecular complexity index is 850. The highest BCUT2D eigenvalue weighted by molar-refractivity contribution is 6.02. The summed E-state index contributed by atoms with van der Waals surface area (Å²) < 4.78 is 42.6. The lowest BCUT2D eigenvalue weighted by Gasteiger charge is -2.37. The Labute approximate surface area is 156 Å². The molecule has 0 amide bonds. The van der Waals surface area contributed by atoms with Gasteiger partial charge in [0.15, 0.2) is 0 Å². The predicted octanol–water partition coefficient (Wildman–Crippen LogP) is 4.92. The molecule has 0 radical (unpaired) electrons. The molecule has 1 aliphatic heterocycles. The van der Waals surface area contributed by atoms with Crippen molar-refractivity contribution in [3.8, 4) is 0 Å². The second-order valence-electron chi connectivity index (χ2n) is 6.46. The number of hydrogen-bond donors (Lipinski definition) is 1. The highest BCUT2D eigenvalue weighted by Gasteiger charge is 2.46. The van der Waals surface area contributed by atoms with E-state index in [0.717, 1.165) is 10.8 Å². The van der Waals surface area contributed by atoms with Crippen LogP contribution in [-0.4, -0.2) is 37.3 Å². The average molecular weight is 381 g/mol. The van der Waals surface area contributed by atoms with Crippen LogP contribution in [0.4, 0.5) is 13.2 Å². The maximum Gasteiger partial charge on any atom is 0.408 e. The zero-order valence-corrected chi connectivity index (χ0v) is 14.9. The molecule has 0 spiro atoms. The Hall–Kier alpha value is -1.82. The van der Waals surface area contributed by atoms with Crippen molar-refractivity contribution in [1.29, 1.82) is 0 Å². The third-order valence-electron chi connectivity index (χ3n) is 4.91. The fourth-order valence-corrected chi connectivity index (χ4v) is 3.84. The van der Waals surface area contributed by atoms with Crippen LogP contribution in [0.25, 0.3) is 21.5 Å². The molecule has 0 aliphatic carbocycles. The molecule has 6 heteroatoms. The number of hydrogen-bond acceptors (Lipinski definition) is 2. The highest BCUT2D eigenvalue weighted by Crippen LogP contribution is 2.44. The van der Waals surface area contributed by atoms with Gasteiger partial charge in [0.05, 0.1) is 0 Å². The molecule has 3 aromatic carbocycles. The van der Waals surface area contributed by atoms with Crippen molar-refractivity contribution in [1.82, 2.24) is 10.2 Å². The van der Waals surface area contributed by atoms with Crippen molar-refractivity contribution >= 4 is 34.0 Å². The summed E-state index contributed by atoms with van der Waals surface area (Å²) in [6.45, 7) is 1.94. The van der Waals surface area contributed by atoms with Gasteiger partial charge in [-0.2, -0.15) is 13.2 Å². The quantitative estimate of drug-likeness (QED) is 0.634. The van der Waals surface area contributed by atoms with E-state index in [0.29, 0.717) is 42.5 Å². The molecule has 26 heavy (non-hydrogen) atoms. The molecule has 138 valence electrons. The van der Waals surface area contributed by atoms with Gasteiger partial charge in [0, 0.05) is 26.2 Å². The third kappa shape index (κ3) is 3.39. The number of piperazine rings is 1. The normalized spacial score (nSPS) is 17.2. The molecule has 1 aliphatic rings. The minimum absolute atomic E-state index is 0. The molecular formula is C20H20ClF3N2. The van der Waals surface area contributed by atoms with E-state index < -0.39 is 12.2 Å². The molecular weight excluding hydrogens is 361 g/mol. The number of halogens is 4. The van der Waals surface area contributed by atoms with E-state index in [1.54, 1.807) is 17.0 Å². The van der Waals surface area contributed by atoms with Gasteiger partial charge in [-0.1, -0.05) is 48.5 Å². The second-order valence-corrected chi connectivity index (χ2v) is 6.46. The Morgan fingerprint density at radius 3 is 1.85 bits per heavy atom. The molecule has 1 N–H and O–H groups in total. The molecule has 3 aromatic rings. The molecule has 0 aromatic heterocycles. The monoisotopic (exact) mass is 380 g/mol. The summed E-state index contributed by atoms with van der Waals surface area (Å²) in [4.78, 5) is 1.56. The van der Waals surface area contributed by atoms with Crippen LogP contribution in [0.15, 0.2) is 54.6 Å². The van der Waals surface area contributed by atoms with Crippen LogP contribution < -0.4 is 5.32 Å². The molecule has 1 fully saturated rings. The lowest BCUT2D eigenvalue weighted by atomic mass is 9.91. The van der Waals surface area contributed by atoms with Crippen LogP contribution in [0, 0.1) is 0 Å². The molecule has 2 nitrogen and oxygen atoms in total. The van der Waals surface area contributed by atoms with Crippen LogP contribution in [0.2, 0.25) is 0 Å². The summed E-state index contributed by atoms with van der Waals surface area (Å²) >= 11 is 0. The number of alkyl halides is 3. The van der Waals surface area contributed by atoms with Crippen LogP contribution in [0.5, 0.6) is 0 Å². The second kappa shape index (κ2) is 7.43. The Morgan fingerprint density at radius 2 is 1.35 bits per heavy atom. The van der Waals surface area contributed by atoms with E-state index in [2.05, 4.69) is 5.32 Å². The predicted molar refractivity (Wildman–Crippen MR) is 102 cm³/mol. The molecule has 0 bridgehead atoms. The van der Waals surface area contributed by atoms with Gasteiger partial charge < -0.3 is 5.32 Å². The Morgan fingerprint density at radius 1 is 0.846 bits per heavy atom. The van der Waals surface area contributed by atoms with Crippen molar-refractivity contribution in [2.45, 2.75) is 12.2 Å². The van der Waals surface area contributed by atoms with Crippen LogP contribution >= 0.6 is 12.4 Å². The van der Waals surface area contributed by atoms with Crippen molar-refractivity contribution in [3.63, 3.8) is 0 Å². The summed E-state index contributed by atoms with van der Waals surface area (Å²) in [7, 11) is 0. The van der Waals surface area contributed by atoms with Gasteiger partial charge in [-0.15, -0.1) is 12.4 Å². The van der Waals surface area contributed by atoms with Crippen LogP contribution in [-0.2, 0) is 0 Å². The van der Waals surface area contributed by atoms with E-state index in [1.807, 2.05) is 42.5 Å². The first-order valence-corrected chi connectivity index (χ1v) is 8.47. The maximum atomic E-state index is 14.2. The number of nitrogens with zero attached hydrogens (tertiary/aromatic N) is 1. The standard InChI is InChI=1S/C20H19F3N2.ClH/c21-20(22,23)19(25-11-9-24-10-12-25)18-16-7-3-1-5-14(16)13-15-6-2-4-8-17(15)18;/h1-8,13,19,24H,9-12H2;1H/t19-;/m1./s1. The highest BCUT2D eigenvalue weighted by atomic mass is 35.5. The molecule has 1 saturated heterocycles. The SMILES string of the molecule is Cl.FC(F)(F)[C@@H](c1c2ccccc2cc2ccccc12)N1CCNCC1. The lowest BCUT2D eigenvalue weighted by Crippen LogP contribution is -2.49. The first-order valence-electron chi connectivity index (χ1n) is 8.47. The summed E-state index contributed by atoms with van der Waals surface area (Å²) in [6.07, 6.45) is -4.33. The van der Waals surface area contributed by atoms with Gasteiger partial charge in [0.2, 0.25) is 0 Å². The van der Waals surface area contributed by atoms with E-state index >= 15 is 0 Å². The van der Waals surface area contributed by atoms with E-state index in [4.69, 9.17) is 0 Å². The summed E-state index contributed by atoms with van der Waals surface area (Å²) in [5, 5.41) is 6.20. The Balaban J connectivity index is 0.00000196. The van der Waals surface area contributed by atoms with Gasteiger partial charge in [-0.25, -0.2) is 0 Å². The van der Waals surface area contributed by atoms with Gasteiger partial charge in [0.25, 0.3) is 0 Å². The minimum atomic E-state index is -4.33.